The quantitative estimate of drug-likeness (QED) is 0.653. The number of hydrogen-bond donors (Lipinski definition) is 3. The van der Waals surface area contributed by atoms with Crippen LogP contribution in [-0.4, -0.2) is 54.3 Å². The Labute approximate surface area is 136 Å². The molecule has 2 aliphatic heterocycles. The molecule has 0 aromatic heterocycles. The summed E-state index contributed by atoms with van der Waals surface area (Å²) in [6.45, 7) is 8.72. The first-order valence-corrected chi connectivity index (χ1v) is 8.17. The molecule has 2 fully saturated rings. The second kappa shape index (κ2) is 7.48. The van der Waals surface area contributed by atoms with Gasteiger partial charge in [0.2, 0.25) is 17.7 Å². The first-order valence-electron chi connectivity index (χ1n) is 8.17. The van der Waals surface area contributed by atoms with Crippen LogP contribution in [0.1, 0.15) is 33.1 Å². The molecule has 2 heterocycles. The minimum Gasteiger partial charge on any atom is -0.379 e. The van der Waals surface area contributed by atoms with Gasteiger partial charge in [-0.3, -0.25) is 14.4 Å². The Morgan fingerprint density at radius 2 is 1.91 bits per heavy atom. The molecule has 0 aromatic rings. The van der Waals surface area contributed by atoms with E-state index in [0.29, 0.717) is 25.1 Å². The van der Waals surface area contributed by atoms with Crippen LogP contribution < -0.4 is 16.0 Å². The third-order valence-electron chi connectivity index (χ3n) is 4.18. The van der Waals surface area contributed by atoms with Gasteiger partial charge in [0.25, 0.3) is 0 Å². The first kappa shape index (κ1) is 17.3. The number of carbonyl (C=O) groups is 3. The number of amides is 3. The molecule has 2 atom stereocenters. The molecule has 2 aliphatic rings. The lowest BCUT2D eigenvalue weighted by atomic mass is 10.0. The van der Waals surface area contributed by atoms with Crippen molar-refractivity contribution in [3.05, 3.63) is 12.3 Å². The van der Waals surface area contributed by atoms with Crippen LogP contribution in [0.5, 0.6) is 0 Å². The van der Waals surface area contributed by atoms with Gasteiger partial charge in [-0.2, -0.15) is 0 Å². The van der Waals surface area contributed by atoms with Crippen molar-refractivity contribution in [3.8, 4) is 0 Å². The van der Waals surface area contributed by atoms with Gasteiger partial charge < -0.3 is 20.9 Å². The Hall–Kier alpha value is -2.05. The second-order valence-corrected chi connectivity index (χ2v) is 6.61. The molecule has 0 unspecified atom stereocenters. The van der Waals surface area contributed by atoms with Crippen molar-refractivity contribution >= 4 is 17.7 Å². The van der Waals surface area contributed by atoms with Gasteiger partial charge in [-0.15, -0.1) is 0 Å². The monoisotopic (exact) mass is 322 g/mol. The molecule has 23 heavy (non-hydrogen) atoms. The van der Waals surface area contributed by atoms with Gasteiger partial charge in [0.05, 0.1) is 13.1 Å². The largest absolute Gasteiger partial charge is 0.379 e. The number of hydrogen-bond acceptors (Lipinski definition) is 4. The van der Waals surface area contributed by atoms with Crippen LogP contribution in [0.15, 0.2) is 12.3 Å². The Bertz CT molecular complexity index is 504. The highest BCUT2D eigenvalue weighted by molar-refractivity contribution is 5.93. The molecule has 0 aliphatic carbocycles. The molecule has 7 heteroatoms. The van der Waals surface area contributed by atoms with Crippen molar-refractivity contribution in [2.45, 2.75) is 45.2 Å². The molecule has 0 aromatic carbocycles. The summed E-state index contributed by atoms with van der Waals surface area (Å²) in [5.74, 6) is -0.305. The van der Waals surface area contributed by atoms with Gasteiger partial charge in [0.15, 0.2) is 0 Å². The fraction of sp³-hybridized carbons (Fsp3) is 0.688. The summed E-state index contributed by atoms with van der Waals surface area (Å²) in [5, 5.41) is 8.51. The zero-order chi connectivity index (χ0) is 17.0. The molecular formula is C16H26N4O3. The Balaban J connectivity index is 2.19. The van der Waals surface area contributed by atoms with Crippen LogP contribution in [-0.2, 0) is 14.4 Å². The van der Waals surface area contributed by atoms with Crippen molar-refractivity contribution in [2.75, 3.05) is 19.6 Å². The van der Waals surface area contributed by atoms with Gasteiger partial charge in [0.1, 0.15) is 12.1 Å². The molecule has 0 saturated carbocycles. The molecule has 7 nitrogen and oxygen atoms in total. The number of carbonyl (C=O) groups excluding carboxylic acids is 3. The highest BCUT2D eigenvalue weighted by Crippen LogP contribution is 2.18. The Morgan fingerprint density at radius 1 is 1.17 bits per heavy atom. The zero-order valence-electron chi connectivity index (χ0n) is 13.9. The van der Waals surface area contributed by atoms with Crippen LogP contribution in [0.3, 0.4) is 0 Å². The molecule has 0 radical (unpaired) electrons. The summed E-state index contributed by atoms with van der Waals surface area (Å²) in [5.41, 5.74) is 0.581. The predicted octanol–water partition coefficient (Wildman–Crippen LogP) is -0.259. The smallest absolute Gasteiger partial charge is 0.243 e. The fourth-order valence-electron chi connectivity index (χ4n) is 2.99. The third-order valence-corrected chi connectivity index (χ3v) is 4.18. The number of nitrogens with one attached hydrogen (secondary N) is 3. The topological polar surface area (TPSA) is 90.5 Å². The van der Waals surface area contributed by atoms with Gasteiger partial charge >= 0.3 is 0 Å². The van der Waals surface area contributed by atoms with Crippen molar-refractivity contribution < 1.29 is 14.4 Å². The number of rotatable bonds is 2. The van der Waals surface area contributed by atoms with E-state index in [1.165, 1.54) is 0 Å². The highest BCUT2D eigenvalue weighted by atomic mass is 16.2. The molecular weight excluding hydrogens is 296 g/mol. The summed E-state index contributed by atoms with van der Waals surface area (Å²) in [6, 6.07) is -1.08. The molecule has 2 saturated heterocycles. The maximum atomic E-state index is 12.5. The van der Waals surface area contributed by atoms with E-state index in [9.17, 15) is 14.4 Å². The Kier molecular flexibility index (Phi) is 5.63. The van der Waals surface area contributed by atoms with E-state index in [-0.39, 0.29) is 36.7 Å². The molecule has 2 rings (SSSR count). The van der Waals surface area contributed by atoms with Gasteiger partial charge in [-0.05, 0) is 25.2 Å². The van der Waals surface area contributed by atoms with Crippen LogP contribution in [0.25, 0.3) is 0 Å². The minimum atomic E-state index is -0.590. The fourth-order valence-corrected chi connectivity index (χ4v) is 2.99. The van der Waals surface area contributed by atoms with Crippen molar-refractivity contribution in [1.29, 1.82) is 0 Å². The maximum Gasteiger partial charge on any atom is 0.243 e. The average Bonchev–Trinajstić information content (AvgIpc) is 2.97. The van der Waals surface area contributed by atoms with Crippen LogP contribution in [0.2, 0.25) is 0 Å². The van der Waals surface area contributed by atoms with Gasteiger partial charge in [0, 0.05) is 12.2 Å². The lowest BCUT2D eigenvalue weighted by Gasteiger charge is -2.28. The van der Waals surface area contributed by atoms with E-state index in [2.05, 4.69) is 22.5 Å². The summed E-state index contributed by atoms with van der Waals surface area (Å²) in [4.78, 5) is 38.8. The van der Waals surface area contributed by atoms with Gasteiger partial charge in [-0.1, -0.05) is 20.4 Å². The van der Waals surface area contributed by atoms with E-state index in [1.807, 2.05) is 13.8 Å². The molecule has 128 valence electrons. The van der Waals surface area contributed by atoms with E-state index in [0.717, 1.165) is 6.42 Å². The standard InChI is InChI=1S/C16H26N4O3/c1-10(2)7-12-15(22)18-8-11(3)17-9-14(21)20-6-4-5-13(20)16(23)19-12/h10,12-13,17H,3-9H2,1-2H3,(H,18,22)(H,19,23)/t12-,13+/m0/s1. The van der Waals surface area contributed by atoms with E-state index < -0.39 is 12.1 Å². The molecule has 3 amide bonds. The highest BCUT2D eigenvalue weighted by Gasteiger charge is 2.36. The molecule has 0 spiro atoms. The lowest BCUT2D eigenvalue weighted by molar-refractivity contribution is -0.139. The van der Waals surface area contributed by atoms with Crippen LogP contribution in [0.4, 0.5) is 0 Å². The normalized spacial score (nSPS) is 26.8. The Morgan fingerprint density at radius 3 is 2.61 bits per heavy atom. The average molecular weight is 322 g/mol. The zero-order valence-corrected chi connectivity index (χ0v) is 13.9. The van der Waals surface area contributed by atoms with Crippen molar-refractivity contribution in [2.24, 2.45) is 5.92 Å². The number of fused-ring (bicyclic) bond motifs is 1. The summed E-state index contributed by atoms with van der Waals surface area (Å²) in [7, 11) is 0. The predicted molar refractivity (Wildman–Crippen MR) is 86.3 cm³/mol. The van der Waals surface area contributed by atoms with Crippen molar-refractivity contribution in [3.63, 3.8) is 0 Å². The summed E-state index contributed by atoms with van der Waals surface area (Å²) in [6.07, 6.45) is 1.98. The summed E-state index contributed by atoms with van der Waals surface area (Å²) < 4.78 is 0. The number of nitrogens with zero attached hydrogens (tertiary/aromatic N) is 1. The third kappa shape index (κ3) is 4.46. The van der Waals surface area contributed by atoms with E-state index in [4.69, 9.17) is 0 Å². The van der Waals surface area contributed by atoms with Crippen molar-refractivity contribution in [1.82, 2.24) is 20.9 Å². The van der Waals surface area contributed by atoms with E-state index >= 15 is 0 Å². The van der Waals surface area contributed by atoms with E-state index in [1.54, 1.807) is 4.90 Å². The lowest BCUT2D eigenvalue weighted by Crippen LogP contribution is -2.55. The van der Waals surface area contributed by atoms with Gasteiger partial charge in [-0.25, -0.2) is 0 Å². The van der Waals surface area contributed by atoms with Crippen LogP contribution in [0, 0.1) is 5.92 Å². The maximum absolute atomic E-state index is 12.5. The molecule has 0 bridgehead atoms. The second-order valence-electron chi connectivity index (χ2n) is 6.61. The van der Waals surface area contributed by atoms with Crippen LogP contribution >= 0.6 is 0 Å². The minimum absolute atomic E-state index is 0.0912. The SMILES string of the molecule is C=C1CNC(=O)[C@H](CC(C)C)NC(=O)[C@H]2CCCN2C(=O)CN1. The molecule has 3 N–H and O–H groups in total. The summed E-state index contributed by atoms with van der Waals surface area (Å²) >= 11 is 0. The first-order chi connectivity index (χ1) is 10.9.